The van der Waals surface area contributed by atoms with Crippen LogP contribution in [0.25, 0.3) is 0 Å². The van der Waals surface area contributed by atoms with Crippen LogP contribution in [0.15, 0.2) is 12.1 Å². The fraction of sp³-hybridized carbons (Fsp3) is 0.562. The summed E-state index contributed by atoms with van der Waals surface area (Å²) in [6.07, 6.45) is 4.28. The molecule has 0 amide bonds. The molecule has 0 bridgehead atoms. The van der Waals surface area contributed by atoms with Gasteiger partial charge in [-0.1, -0.05) is 20.3 Å². The number of esters is 1. The van der Waals surface area contributed by atoms with Gasteiger partial charge in [0.2, 0.25) is 0 Å². The average molecular weight is 294 g/mol. The van der Waals surface area contributed by atoms with E-state index in [0.29, 0.717) is 5.69 Å². The highest BCUT2D eigenvalue weighted by molar-refractivity contribution is 5.96. The Hall–Kier alpha value is -1.78. The normalized spacial score (nSPS) is 20.9. The minimum absolute atomic E-state index is 0.0916. The Morgan fingerprint density at radius 3 is 2.81 bits per heavy atom. The van der Waals surface area contributed by atoms with Crippen molar-refractivity contribution < 1.29 is 13.9 Å². The van der Waals surface area contributed by atoms with Crippen molar-refractivity contribution >= 4 is 17.3 Å². The first-order valence-corrected chi connectivity index (χ1v) is 7.26. The van der Waals surface area contributed by atoms with Gasteiger partial charge >= 0.3 is 5.97 Å². The summed E-state index contributed by atoms with van der Waals surface area (Å²) in [5.41, 5.74) is 6.52. The van der Waals surface area contributed by atoms with Crippen molar-refractivity contribution in [3.8, 4) is 0 Å². The summed E-state index contributed by atoms with van der Waals surface area (Å²) in [5, 5.41) is 3.21. The molecule has 1 fully saturated rings. The maximum Gasteiger partial charge on any atom is 0.340 e. The van der Waals surface area contributed by atoms with E-state index in [-0.39, 0.29) is 22.7 Å². The van der Waals surface area contributed by atoms with Crippen LogP contribution in [0.3, 0.4) is 0 Å². The van der Waals surface area contributed by atoms with E-state index in [1.807, 2.05) is 0 Å². The molecule has 4 nitrogen and oxygen atoms in total. The van der Waals surface area contributed by atoms with Crippen LogP contribution in [0.5, 0.6) is 0 Å². The number of rotatable bonds is 3. The summed E-state index contributed by atoms with van der Waals surface area (Å²) < 4.78 is 18.7. The Bertz CT molecular complexity index is 543. The zero-order chi connectivity index (χ0) is 15.6. The molecule has 1 unspecified atom stereocenters. The lowest BCUT2D eigenvalue weighted by Crippen LogP contribution is -2.32. The zero-order valence-electron chi connectivity index (χ0n) is 12.8. The fourth-order valence-electron chi connectivity index (χ4n) is 3.03. The second-order valence-electron chi connectivity index (χ2n) is 6.51. The Morgan fingerprint density at radius 1 is 1.48 bits per heavy atom. The van der Waals surface area contributed by atoms with Gasteiger partial charge in [-0.05, 0) is 36.8 Å². The van der Waals surface area contributed by atoms with E-state index in [1.54, 1.807) is 0 Å². The summed E-state index contributed by atoms with van der Waals surface area (Å²) in [4.78, 5) is 11.6. The third-order valence-electron chi connectivity index (χ3n) is 4.11. The lowest BCUT2D eigenvalue weighted by Gasteiger charge is -2.36. The minimum atomic E-state index is -0.556. The monoisotopic (exact) mass is 294 g/mol. The number of nitrogens with one attached hydrogen (secondary N) is 1. The minimum Gasteiger partial charge on any atom is -0.465 e. The molecule has 3 N–H and O–H groups in total. The molecule has 1 atom stereocenters. The number of carbonyl (C=O) groups is 1. The van der Waals surface area contributed by atoms with Crippen LogP contribution in [0.4, 0.5) is 15.8 Å². The van der Waals surface area contributed by atoms with Gasteiger partial charge in [-0.25, -0.2) is 9.18 Å². The number of nitrogens with two attached hydrogens (primary N) is 1. The molecule has 116 valence electrons. The predicted octanol–water partition coefficient (Wildman–Crippen LogP) is 3.58. The third-order valence-corrected chi connectivity index (χ3v) is 4.11. The molecule has 1 aliphatic rings. The lowest BCUT2D eigenvalue weighted by atomic mass is 9.75. The molecular formula is C16H23FN2O2. The fourth-order valence-corrected chi connectivity index (χ4v) is 3.03. The molecule has 5 heteroatoms. The van der Waals surface area contributed by atoms with Crippen molar-refractivity contribution in [2.75, 3.05) is 18.2 Å². The Balaban J connectivity index is 2.21. The molecule has 0 heterocycles. The first kappa shape index (κ1) is 15.6. The van der Waals surface area contributed by atoms with E-state index >= 15 is 0 Å². The number of halogens is 1. The number of nitrogen functional groups attached to an aromatic ring is 1. The van der Waals surface area contributed by atoms with Crippen LogP contribution >= 0.6 is 0 Å². The van der Waals surface area contributed by atoms with Gasteiger partial charge in [0.1, 0.15) is 5.82 Å². The first-order valence-electron chi connectivity index (χ1n) is 7.26. The largest absolute Gasteiger partial charge is 0.465 e. The van der Waals surface area contributed by atoms with Gasteiger partial charge in [-0.15, -0.1) is 0 Å². The smallest absolute Gasteiger partial charge is 0.340 e. The van der Waals surface area contributed by atoms with Crippen LogP contribution in [-0.4, -0.2) is 19.1 Å². The van der Waals surface area contributed by atoms with E-state index in [9.17, 15) is 9.18 Å². The lowest BCUT2D eigenvalue weighted by molar-refractivity contribution is 0.0602. The predicted molar refractivity (Wildman–Crippen MR) is 81.8 cm³/mol. The Labute approximate surface area is 124 Å². The number of hydrogen-bond donors (Lipinski definition) is 2. The molecular weight excluding hydrogens is 271 g/mol. The maximum atomic E-state index is 14.1. The topological polar surface area (TPSA) is 64.3 Å². The number of carbonyl (C=O) groups excluding carboxylic acids is 1. The maximum absolute atomic E-state index is 14.1. The van der Waals surface area contributed by atoms with Gasteiger partial charge in [-0.3, -0.25) is 0 Å². The molecule has 21 heavy (non-hydrogen) atoms. The van der Waals surface area contributed by atoms with Gasteiger partial charge in [0.05, 0.1) is 18.4 Å². The van der Waals surface area contributed by atoms with E-state index in [0.717, 1.165) is 19.3 Å². The molecule has 1 saturated carbocycles. The van der Waals surface area contributed by atoms with Gasteiger partial charge in [0, 0.05) is 11.7 Å². The van der Waals surface area contributed by atoms with Crippen LogP contribution in [0.1, 0.15) is 49.9 Å². The van der Waals surface area contributed by atoms with Gasteiger partial charge < -0.3 is 15.8 Å². The molecule has 2 rings (SSSR count). The molecule has 0 aromatic heterocycles. The standard InChI is InChI=1S/C16H23FN2O2/c1-16(2)6-4-5-10(9-16)19-14-7-11(15(20)21-3)13(18)8-12(14)17/h7-8,10,19H,4-6,9,18H2,1-3H3. The van der Waals surface area contributed by atoms with Crippen molar-refractivity contribution in [3.63, 3.8) is 0 Å². The molecule has 0 aliphatic heterocycles. The highest BCUT2D eigenvalue weighted by Crippen LogP contribution is 2.37. The van der Waals surface area contributed by atoms with Crippen molar-refractivity contribution in [1.29, 1.82) is 0 Å². The molecule has 1 aromatic carbocycles. The number of ether oxygens (including phenoxy) is 1. The zero-order valence-corrected chi connectivity index (χ0v) is 12.8. The van der Waals surface area contributed by atoms with Crippen LogP contribution in [0.2, 0.25) is 0 Å². The van der Waals surface area contributed by atoms with Crippen molar-refractivity contribution in [2.24, 2.45) is 5.41 Å². The highest BCUT2D eigenvalue weighted by Gasteiger charge is 2.28. The van der Waals surface area contributed by atoms with E-state index < -0.39 is 11.8 Å². The SMILES string of the molecule is COC(=O)c1cc(NC2CCCC(C)(C)C2)c(F)cc1N. The second kappa shape index (κ2) is 5.92. The summed E-state index contributed by atoms with van der Waals surface area (Å²) in [7, 11) is 1.28. The van der Waals surface area contributed by atoms with Crippen LogP contribution in [-0.2, 0) is 4.74 Å². The van der Waals surface area contributed by atoms with Crippen LogP contribution in [0, 0.1) is 11.2 Å². The first-order chi connectivity index (χ1) is 9.82. The molecule has 1 aromatic rings. The number of benzene rings is 1. The van der Waals surface area contributed by atoms with Gasteiger partial charge in [0.15, 0.2) is 0 Å². The van der Waals surface area contributed by atoms with E-state index in [4.69, 9.17) is 5.73 Å². The molecule has 0 saturated heterocycles. The molecule has 1 aliphatic carbocycles. The number of anilines is 2. The third kappa shape index (κ3) is 3.65. The van der Waals surface area contributed by atoms with E-state index in [1.165, 1.54) is 25.7 Å². The second-order valence-corrected chi connectivity index (χ2v) is 6.51. The summed E-state index contributed by atoms with van der Waals surface area (Å²) in [6, 6.07) is 2.82. The molecule has 0 radical (unpaired) electrons. The molecule has 0 spiro atoms. The van der Waals surface area contributed by atoms with Crippen molar-refractivity contribution in [2.45, 2.75) is 45.6 Å². The summed E-state index contributed by atoms with van der Waals surface area (Å²) in [5.74, 6) is -0.997. The summed E-state index contributed by atoms with van der Waals surface area (Å²) in [6.45, 7) is 4.44. The number of methoxy groups -OCH3 is 1. The highest BCUT2D eigenvalue weighted by atomic mass is 19.1. The van der Waals surface area contributed by atoms with Gasteiger partial charge in [0.25, 0.3) is 0 Å². The Morgan fingerprint density at radius 2 is 2.19 bits per heavy atom. The quantitative estimate of drug-likeness (QED) is 0.660. The van der Waals surface area contributed by atoms with Crippen molar-refractivity contribution in [3.05, 3.63) is 23.5 Å². The van der Waals surface area contributed by atoms with Crippen LogP contribution < -0.4 is 11.1 Å². The van der Waals surface area contributed by atoms with Crippen molar-refractivity contribution in [1.82, 2.24) is 0 Å². The summed E-state index contributed by atoms with van der Waals surface area (Å²) >= 11 is 0. The number of hydrogen-bond acceptors (Lipinski definition) is 4. The Kier molecular flexibility index (Phi) is 4.40. The average Bonchev–Trinajstić information content (AvgIpc) is 2.40. The van der Waals surface area contributed by atoms with Gasteiger partial charge in [-0.2, -0.15) is 0 Å². The van der Waals surface area contributed by atoms with E-state index in [2.05, 4.69) is 23.9 Å².